The van der Waals surface area contributed by atoms with Gasteiger partial charge in [0.05, 0.1) is 13.1 Å². The van der Waals surface area contributed by atoms with Gasteiger partial charge in [0.25, 0.3) is 0 Å². The number of hydrogen-bond donors (Lipinski definition) is 2. The van der Waals surface area contributed by atoms with Crippen molar-refractivity contribution in [1.29, 1.82) is 0 Å². The highest BCUT2D eigenvalue weighted by Gasteiger charge is 2.11. The first kappa shape index (κ1) is 21.5. The molecule has 0 amide bonds. The van der Waals surface area contributed by atoms with Gasteiger partial charge in [0.1, 0.15) is 5.75 Å². The van der Waals surface area contributed by atoms with Gasteiger partial charge in [-0.05, 0) is 37.3 Å². The molecule has 0 saturated carbocycles. The van der Waals surface area contributed by atoms with Crippen molar-refractivity contribution in [3.63, 3.8) is 0 Å². The Morgan fingerprint density at radius 2 is 1.93 bits per heavy atom. The van der Waals surface area contributed by atoms with Gasteiger partial charge in [0.15, 0.2) is 5.96 Å². The second-order valence-electron chi connectivity index (χ2n) is 6.05. The van der Waals surface area contributed by atoms with E-state index < -0.39 is 6.61 Å². The second kappa shape index (κ2) is 10.5. The molecule has 0 atom stereocenters. The zero-order valence-electron chi connectivity index (χ0n) is 16.1. The number of nitrogens with one attached hydrogen (secondary N) is 2. The molecule has 3 aromatic rings. The van der Waals surface area contributed by atoms with Gasteiger partial charge in [-0.15, -0.1) is 0 Å². The number of hydrogen-bond acceptors (Lipinski definition) is 5. The molecular weight excluding hydrogens is 416 g/mol. The van der Waals surface area contributed by atoms with Crippen LogP contribution in [0, 0.1) is 0 Å². The maximum absolute atomic E-state index is 12.6. The Hall–Kier alpha value is -3.20. The second-order valence-corrected chi connectivity index (χ2v) is 6.49. The number of rotatable bonds is 8. The van der Waals surface area contributed by atoms with E-state index in [1.807, 2.05) is 6.92 Å². The molecule has 0 unspecified atom stereocenters. The molecule has 0 aliphatic rings. The summed E-state index contributed by atoms with van der Waals surface area (Å²) in [7, 11) is 0. The number of benzene rings is 2. The minimum Gasteiger partial charge on any atom is -0.434 e. The third-order valence-electron chi connectivity index (χ3n) is 3.92. The normalized spacial score (nSPS) is 11.6. The van der Waals surface area contributed by atoms with E-state index in [4.69, 9.17) is 16.1 Å². The lowest BCUT2D eigenvalue weighted by molar-refractivity contribution is -0.0504. The SMILES string of the molecule is CCNC(=NCc1ccccc1OC(F)F)NCc1nc(-c2ccc(Cl)cc2)no1. The van der Waals surface area contributed by atoms with E-state index in [1.54, 1.807) is 42.5 Å². The van der Waals surface area contributed by atoms with Crippen molar-refractivity contribution in [2.24, 2.45) is 4.99 Å². The predicted molar refractivity (Wildman–Crippen MR) is 109 cm³/mol. The summed E-state index contributed by atoms with van der Waals surface area (Å²) in [5.41, 5.74) is 1.32. The van der Waals surface area contributed by atoms with E-state index in [9.17, 15) is 8.78 Å². The van der Waals surface area contributed by atoms with Gasteiger partial charge in [-0.2, -0.15) is 13.8 Å². The number of halogens is 3. The van der Waals surface area contributed by atoms with Crippen LogP contribution < -0.4 is 15.4 Å². The molecule has 10 heteroatoms. The summed E-state index contributed by atoms with van der Waals surface area (Å²) in [6.45, 7) is 0.0191. The molecule has 158 valence electrons. The average Bonchev–Trinajstić information content (AvgIpc) is 3.20. The highest BCUT2D eigenvalue weighted by atomic mass is 35.5. The van der Waals surface area contributed by atoms with Gasteiger partial charge in [0, 0.05) is 22.7 Å². The fraction of sp³-hybridized carbons (Fsp3) is 0.250. The summed E-state index contributed by atoms with van der Waals surface area (Å²) >= 11 is 5.89. The first-order valence-electron chi connectivity index (χ1n) is 9.18. The molecule has 1 aromatic heterocycles. The van der Waals surface area contributed by atoms with Crippen molar-refractivity contribution in [1.82, 2.24) is 20.8 Å². The van der Waals surface area contributed by atoms with Gasteiger partial charge < -0.3 is 19.9 Å². The largest absolute Gasteiger partial charge is 0.434 e. The number of aromatic nitrogens is 2. The Kier molecular flexibility index (Phi) is 7.56. The Morgan fingerprint density at radius 3 is 2.67 bits per heavy atom. The van der Waals surface area contributed by atoms with Crippen molar-refractivity contribution < 1.29 is 18.0 Å². The summed E-state index contributed by atoms with van der Waals surface area (Å²) in [5.74, 6) is 1.38. The summed E-state index contributed by atoms with van der Waals surface area (Å²) in [4.78, 5) is 8.74. The fourth-order valence-electron chi connectivity index (χ4n) is 2.55. The fourth-order valence-corrected chi connectivity index (χ4v) is 2.68. The van der Waals surface area contributed by atoms with Crippen LogP contribution in [0.2, 0.25) is 5.02 Å². The molecule has 0 aliphatic heterocycles. The van der Waals surface area contributed by atoms with Crippen molar-refractivity contribution in [2.45, 2.75) is 26.6 Å². The van der Waals surface area contributed by atoms with E-state index in [-0.39, 0.29) is 18.8 Å². The first-order chi connectivity index (χ1) is 14.5. The number of ether oxygens (including phenoxy) is 1. The number of guanidine groups is 1. The van der Waals surface area contributed by atoms with E-state index in [0.29, 0.717) is 34.8 Å². The van der Waals surface area contributed by atoms with Crippen LogP contribution in [0.15, 0.2) is 58.0 Å². The minimum absolute atomic E-state index is 0.0941. The molecule has 2 N–H and O–H groups in total. The van der Waals surface area contributed by atoms with Crippen LogP contribution in [0.5, 0.6) is 5.75 Å². The van der Waals surface area contributed by atoms with Crippen LogP contribution in [-0.4, -0.2) is 29.3 Å². The zero-order chi connectivity index (χ0) is 21.3. The molecule has 30 heavy (non-hydrogen) atoms. The van der Waals surface area contributed by atoms with Crippen LogP contribution in [0.4, 0.5) is 8.78 Å². The van der Waals surface area contributed by atoms with Gasteiger partial charge in [0.2, 0.25) is 11.7 Å². The van der Waals surface area contributed by atoms with Crippen LogP contribution >= 0.6 is 11.6 Å². The van der Waals surface area contributed by atoms with Gasteiger partial charge in [-0.25, -0.2) is 4.99 Å². The third kappa shape index (κ3) is 6.15. The minimum atomic E-state index is -2.89. The molecule has 0 fully saturated rings. The van der Waals surface area contributed by atoms with Crippen LogP contribution in [-0.2, 0) is 13.1 Å². The monoisotopic (exact) mass is 435 g/mol. The highest BCUT2D eigenvalue weighted by Crippen LogP contribution is 2.21. The van der Waals surface area contributed by atoms with E-state index in [1.165, 1.54) is 6.07 Å². The zero-order valence-corrected chi connectivity index (χ0v) is 16.9. The third-order valence-corrected chi connectivity index (χ3v) is 4.17. The van der Waals surface area contributed by atoms with Gasteiger partial charge in [-0.3, -0.25) is 0 Å². The lowest BCUT2D eigenvalue weighted by Crippen LogP contribution is -2.36. The molecule has 3 rings (SSSR count). The quantitative estimate of drug-likeness (QED) is 0.406. The highest BCUT2D eigenvalue weighted by molar-refractivity contribution is 6.30. The summed E-state index contributed by atoms with van der Waals surface area (Å²) < 4.78 is 34.9. The van der Waals surface area contributed by atoms with Gasteiger partial charge >= 0.3 is 6.61 Å². The number of aliphatic imine (C=N–C) groups is 1. The molecule has 2 aromatic carbocycles. The van der Waals surface area contributed by atoms with Crippen LogP contribution in [0.25, 0.3) is 11.4 Å². The Labute approximate surface area is 177 Å². The van der Waals surface area contributed by atoms with E-state index >= 15 is 0 Å². The number of alkyl halides is 2. The molecular formula is C20H20ClF2N5O2. The van der Waals surface area contributed by atoms with Crippen molar-refractivity contribution >= 4 is 17.6 Å². The smallest absolute Gasteiger partial charge is 0.387 e. The lowest BCUT2D eigenvalue weighted by Gasteiger charge is -2.11. The van der Waals surface area contributed by atoms with Crippen LogP contribution in [0.1, 0.15) is 18.4 Å². The van der Waals surface area contributed by atoms with Crippen molar-refractivity contribution in [2.75, 3.05) is 6.54 Å². The molecule has 0 radical (unpaired) electrons. The van der Waals surface area contributed by atoms with Gasteiger partial charge in [-0.1, -0.05) is 35.0 Å². The molecule has 0 saturated heterocycles. The summed E-state index contributed by atoms with van der Waals surface area (Å²) in [6.07, 6.45) is 0. The number of nitrogens with zero attached hydrogens (tertiary/aromatic N) is 3. The Morgan fingerprint density at radius 1 is 1.17 bits per heavy atom. The summed E-state index contributed by atoms with van der Waals surface area (Å²) in [5, 5.41) is 10.7. The standard InChI is InChI=1S/C20H20ClF2N5O2/c1-2-24-20(25-11-14-5-3-4-6-16(14)29-19(22)23)26-12-17-27-18(28-30-17)13-7-9-15(21)10-8-13/h3-10,19H,2,11-12H2,1H3,(H2,24,25,26). The Balaban J connectivity index is 1.64. The first-order valence-corrected chi connectivity index (χ1v) is 9.56. The topological polar surface area (TPSA) is 84.6 Å². The van der Waals surface area contributed by atoms with E-state index in [0.717, 1.165) is 5.56 Å². The molecule has 0 spiro atoms. The van der Waals surface area contributed by atoms with Crippen molar-refractivity contribution in [3.05, 3.63) is 65.0 Å². The molecule has 7 nitrogen and oxygen atoms in total. The Bertz CT molecular complexity index is 979. The lowest BCUT2D eigenvalue weighted by atomic mass is 10.2. The average molecular weight is 436 g/mol. The number of para-hydroxylation sites is 1. The maximum atomic E-state index is 12.6. The maximum Gasteiger partial charge on any atom is 0.387 e. The molecule has 0 bridgehead atoms. The predicted octanol–water partition coefficient (Wildman–Crippen LogP) is 4.25. The molecule has 0 aliphatic carbocycles. The molecule has 1 heterocycles. The summed E-state index contributed by atoms with van der Waals surface area (Å²) in [6, 6.07) is 13.6. The van der Waals surface area contributed by atoms with E-state index in [2.05, 4.69) is 30.5 Å². The van der Waals surface area contributed by atoms with Crippen LogP contribution in [0.3, 0.4) is 0 Å². The van der Waals surface area contributed by atoms with Crippen molar-refractivity contribution in [3.8, 4) is 17.1 Å².